The van der Waals surface area contributed by atoms with Crippen molar-refractivity contribution in [3.63, 3.8) is 0 Å². The molecule has 1 heterocycles. The van der Waals surface area contributed by atoms with Gasteiger partial charge in [0.25, 0.3) is 0 Å². The molecule has 1 aromatic heterocycles. The third kappa shape index (κ3) is 4.05. The lowest BCUT2D eigenvalue weighted by Gasteiger charge is -2.07. The quantitative estimate of drug-likeness (QED) is 0.674. The Kier molecular flexibility index (Phi) is 5.32. The van der Waals surface area contributed by atoms with Crippen LogP contribution in [0.5, 0.6) is 0 Å². The molecule has 0 atom stereocenters. The van der Waals surface area contributed by atoms with Gasteiger partial charge in [-0.05, 0) is 48.9 Å². The van der Waals surface area contributed by atoms with Gasteiger partial charge in [-0.1, -0.05) is 42.5 Å². The first-order chi connectivity index (χ1) is 11.7. The number of para-hydroxylation sites is 1. The van der Waals surface area contributed by atoms with Crippen LogP contribution in [0.4, 0.5) is 0 Å². The van der Waals surface area contributed by atoms with Crippen LogP contribution in [0.3, 0.4) is 0 Å². The van der Waals surface area contributed by atoms with E-state index in [0.717, 1.165) is 24.8 Å². The number of rotatable bonds is 7. The molecule has 0 aliphatic rings. The summed E-state index contributed by atoms with van der Waals surface area (Å²) in [6.07, 6.45) is 5.32. The van der Waals surface area contributed by atoms with Crippen LogP contribution >= 0.6 is 0 Å². The summed E-state index contributed by atoms with van der Waals surface area (Å²) in [5, 5.41) is 4.29. The number of benzene rings is 2. The molecule has 3 heteroatoms. The smallest absolute Gasteiger partial charge is 0.220 e. The second-order valence-corrected chi connectivity index (χ2v) is 6.24. The first-order valence-corrected chi connectivity index (χ1v) is 8.60. The highest BCUT2D eigenvalue weighted by Gasteiger charge is 2.05. The van der Waals surface area contributed by atoms with Crippen molar-refractivity contribution in [2.45, 2.75) is 32.6 Å². The van der Waals surface area contributed by atoms with Gasteiger partial charge < -0.3 is 10.3 Å². The molecule has 2 aromatic carbocycles. The molecule has 0 fully saturated rings. The van der Waals surface area contributed by atoms with Gasteiger partial charge in [-0.15, -0.1) is 0 Å². The van der Waals surface area contributed by atoms with Gasteiger partial charge in [-0.25, -0.2) is 0 Å². The number of carbonyl (C=O) groups excluding carboxylic acids is 1. The molecule has 1 amide bonds. The van der Waals surface area contributed by atoms with Crippen LogP contribution in [-0.2, 0) is 17.6 Å². The number of aryl methyl sites for hydroxylation is 2. The SMILES string of the molecule is Cc1ccccc1CCNC(=O)CCCc1c[nH]c2ccccc12. The number of hydrogen-bond acceptors (Lipinski definition) is 1. The second kappa shape index (κ2) is 7.82. The first kappa shape index (κ1) is 16.3. The molecule has 0 aliphatic heterocycles. The van der Waals surface area contributed by atoms with Crippen molar-refractivity contribution in [3.8, 4) is 0 Å². The van der Waals surface area contributed by atoms with E-state index in [9.17, 15) is 4.79 Å². The zero-order valence-electron chi connectivity index (χ0n) is 14.1. The summed E-state index contributed by atoms with van der Waals surface area (Å²) in [4.78, 5) is 15.3. The van der Waals surface area contributed by atoms with Crippen molar-refractivity contribution >= 4 is 16.8 Å². The zero-order valence-corrected chi connectivity index (χ0v) is 14.1. The van der Waals surface area contributed by atoms with Gasteiger partial charge in [0.1, 0.15) is 0 Å². The highest BCUT2D eigenvalue weighted by atomic mass is 16.1. The monoisotopic (exact) mass is 320 g/mol. The Labute approximate surface area is 143 Å². The minimum Gasteiger partial charge on any atom is -0.361 e. The highest BCUT2D eigenvalue weighted by molar-refractivity contribution is 5.83. The maximum atomic E-state index is 12.0. The fraction of sp³-hybridized carbons (Fsp3) is 0.286. The van der Waals surface area contributed by atoms with E-state index >= 15 is 0 Å². The van der Waals surface area contributed by atoms with Crippen molar-refractivity contribution in [1.82, 2.24) is 10.3 Å². The minimum absolute atomic E-state index is 0.142. The summed E-state index contributed by atoms with van der Waals surface area (Å²) in [5.41, 5.74) is 5.04. The lowest BCUT2D eigenvalue weighted by Crippen LogP contribution is -2.25. The number of carbonyl (C=O) groups is 1. The van der Waals surface area contributed by atoms with Crippen LogP contribution < -0.4 is 5.32 Å². The van der Waals surface area contributed by atoms with Crippen LogP contribution in [0.15, 0.2) is 54.7 Å². The Morgan fingerprint density at radius 2 is 1.79 bits per heavy atom. The van der Waals surface area contributed by atoms with Gasteiger partial charge in [0, 0.05) is 30.1 Å². The van der Waals surface area contributed by atoms with Crippen molar-refractivity contribution in [3.05, 3.63) is 71.4 Å². The number of H-pyrrole nitrogens is 1. The Morgan fingerprint density at radius 3 is 2.67 bits per heavy atom. The van der Waals surface area contributed by atoms with Gasteiger partial charge >= 0.3 is 0 Å². The van der Waals surface area contributed by atoms with E-state index in [0.29, 0.717) is 13.0 Å². The molecule has 0 unspecified atom stereocenters. The third-order valence-electron chi connectivity index (χ3n) is 4.50. The Bertz CT molecular complexity index is 819. The van der Waals surface area contributed by atoms with Crippen molar-refractivity contribution in [1.29, 1.82) is 0 Å². The number of nitrogens with one attached hydrogen (secondary N) is 2. The standard InChI is InChI=1S/C21H24N2O/c1-16-7-2-3-8-17(16)13-14-22-21(24)12-6-9-18-15-23-20-11-5-4-10-19(18)20/h2-5,7-8,10-11,15,23H,6,9,12-14H2,1H3,(H,22,24). The minimum atomic E-state index is 0.142. The maximum absolute atomic E-state index is 12.0. The lowest BCUT2D eigenvalue weighted by molar-refractivity contribution is -0.121. The molecule has 3 rings (SSSR count). The molecular formula is C21H24N2O. The third-order valence-corrected chi connectivity index (χ3v) is 4.50. The van der Waals surface area contributed by atoms with Gasteiger partial charge in [0.15, 0.2) is 0 Å². The summed E-state index contributed by atoms with van der Waals surface area (Å²) in [5.74, 6) is 0.142. The van der Waals surface area contributed by atoms with E-state index in [1.165, 1.54) is 22.1 Å². The summed E-state index contributed by atoms with van der Waals surface area (Å²) < 4.78 is 0. The van der Waals surface area contributed by atoms with E-state index in [2.05, 4.69) is 53.8 Å². The summed E-state index contributed by atoms with van der Waals surface area (Å²) >= 11 is 0. The molecule has 3 nitrogen and oxygen atoms in total. The van der Waals surface area contributed by atoms with Gasteiger partial charge in [-0.3, -0.25) is 4.79 Å². The largest absolute Gasteiger partial charge is 0.361 e. The van der Waals surface area contributed by atoms with Crippen molar-refractivity contribution in [2.75, 3.05) is 6.54 Å². The van der Waals surface area contributed by atoms with Crippen LogP contribution in [-0.4, -0.2) is 17.4 Å². The highest BCUT2D eigenvalue weighted by Crippen LogP contribution is 2.19. The average molecular weight is 320 g/mol. The summed E-state index contributed by atoms with van der Waals surface area (Å²) in [7, 11) is 0. The fourth-order valence-electron chi connectivity index (χ4n) is 3.09. The van der Waals surface area contributed by atoms with Crippen molar-refractivity contribution < 1.29 is 4.79 Å². The molecule has 0 radical (unpaired) electrons. The molecule has 0 spiro atoms. The maximum Gasteiger partial charge on any atom is 0.220 e. The number of aromatic nitrogens is 1. The number of amides is 1. The van der Waals surface area contributed by atoms with Gasteiger partial charge in [-0.2, -0.15) is 0 Å². The molecule has 24 heavy (non-hydrogen) atoms. The van der Waals surface area contributed by atoms with E-state index in [4.69, 9.17) is 0 Å². The number of aromatic amines is 1. The Morgan fingerprint density at radius 1 is 1.00 bits per heavy atom. The molecule has 2 N–H and O–H groups in total. The van der Waals surface area contributed by atoms with E-state index in [1.54, 1.807) is 0 Å². The predicted molar refractivity (Wildman–Crippen MR) is 99.1 cm³/mol. The van der Waals surface area contributed by atoms with E-state index in [1.807, 2.05) is 18.2 Å². The first-order valence-electron chi connectivity index (χ1n) is 8.60. The second-order valence-electron chi connectivity index (χ2n) is 6.24. The van der Waals surface area contributed by atoms with Crippen LogP contribution in [0, 0.1) is 6.92 Å². The fourth-order valence-corrected chi connectivity index (χ4v) is 3.09. The van der Waals surface area contributed by atoms with Gasteiger partial charge in [0.05, 0.1) is 0 Å². The molecule has 3 aromatic rings. The van der Waals surface area contributed by atoms with E-state index in [-0.39, 0.29) is 5.91 Å². The lowest BCUT2D eigenvalue weighted by atomic mass is 10.1. The van der Waals surface area contributed by atoms with E-state index < -0.39 is 0 Å². The normalized spacial score (nSPS) is 10.9. The summed E-state index contributed by atoms with van der Waals surface area (Å²) in [6, 6.07) is 16.6. The molecule has 0 saturated carbocycles. The zero-order chi connectivity index (χ0) is 16.8. The van der Waals surface area contributed by atoms with Crippen LogP contribution in [0.1, 0.15) is 29.5 Å². The molecule has 0 aliphatic carbocycles. The number of hydrogen-bond donors (Lipinski definition) is 2. The molecular weight excluding hydrogens is 296 g/mol. The molecule has 0 bridgehead atoms. The van der Waals surface area contributed by atoms with Crippen LogP contribution in [0.25, 0.3) is 10.9 Å². The Balaban J connectivity index is 1.41. The topological polar surface area (TPSA) is 44.9 Å². The molecule has 124 valence electrons. The van der Waals surface area contributed by atoms with Crippen LogP contribution in [0.2, 0.25) is 0 Å². The summed E-state index contributed by atoms with van der Waals surface area (Å²) in [6.45, 7) is 2.81. The average Bonchev–Trinajstić information content (AvgIpc) is 3.00. The van der Waals surface area contributed by atoms with Crippen molar-refractivity contribution in [2.24, 2.45) is 0 Å². The molecule has 0 saturated heterocycles. The predicted octanol–water partition coefficient (Wildman–Crippen LogP) is 4.16. The van der Waals surface area contributed by atoms with Gasteiger partial charge in [0.2, 0.25) is 5.91 Å². The number of fused-ring (bicyclic) bond motifs is 1. The Hall–Kier alpha value is -2.55.